The Morgan fingerprint density at radius 2 is 1.19 bits per heavy atom. The summed E-state index contributed by atoms with van der Waals surface area (Å²) in [4.78, 5) is 1.88. The number of alkyl halides is 9. The minimum absolute atomic E-state index is 0.191. The van der Waals surface area contributed by atoms with E-state index in [9.17, 15) is 57.2 Å². The first kappa shape index (κ1) is 35.8. The third-order valence-electron chi connectivity index (χ3n) is 1.18. The maximum absolute atomic E-state index is 12.1. The van der Waals surface area contributed by atoms with Crippen LogP contribution >= 0.6 is 0 Å². The number of ether oxygens (including phenoxy) is 1. The minimum atomic E-state index is -4.51. The number of halogens is 13. The molecule has 0 amide bonds. The predicted molar refractivity (Wildman–Crippen MR) is 65.8 cm³/mol. The second-order valence-corrected chi connectivity index (χ2v) is 2.89. The van der Waals surface area contributed by atoms with Gasteiger partial charge in [-0.25, -0.2) is 13.2 Å². The van der Waals surface area contributed by atoms with Crippen molar-refractivity contribution in [2.45, 2.75) is 25.6 Å². The van der Waals surface area contributed by atoms with Crippen molar-refractivity contribution < 1.29 is 66.9 Å². The van der Waals surface area contributed by atoms with Crippen LogP contribution in [0.1, 0.15) is 13.3 Å². The standard InChI is InChI=1S/C6H7F5O.C2H2F4O.CH2F2.2CH3F/c1-2-3-12-6(10,11)4(7)5(8)9;3-1-2(4,5)7-6;2-1-3;2*1-2/h2-3H2,1H3;1H2;1H2;2*1H3. The second-order valence-electron chi connectivity index (χ2n) is 2.89. The maximum atomic E-state index is 12.1. The Morgan fingerprint density at radius 1 is 0.846 bits per heavy atom. The van der Waals surface area contributed by atoms with Crippen molar-refractivity contribution in [3.8, 4) is 0 Å². The molecule has 26 heavy (non-hydrogen) atoms. The van der Waals surface area contributed by atoms with E-state index in [0.29, 0.717) is 14.4 Å². The average Bonchev–Trinajstić information content (AvgIpc) is 2.63. The van der Waals surface area contributed by atoms with Crippen molar-refractivity contribution in [1.82, 2.24) is 0 Å². The first-order chi connectivity index (χ1) is 12.0. The van der Waals surface area contributed by atoms with Crippen molar-refractivity contribution >= 4 is 0 Å². The van der Waals surface area contributed by atoms with Gasteiger partial charge in [-0.15, -0.1) is 4.94 Å². The molecule has 0 saturated heterocycles. The van der Waals surface area contributed by atoms with Gasteiger partial charge in [-0.05, 0) is 10.9 Å². The van der Waals surface area contributed by atoms with Gasteiger partial charge in [0.05, 0.1) is 21.0 Å². The lowest BCUT2D eigenvalue weighted by Crippen LogP contribution is -2.22. The summed E-state index contributed by atoms with van der Waals surface area (Å²) in [6, 6.07) is 0. The Morgan fingerprint density at radius 3 is 1.35 bits per heavy atom. The van der Waals surface area contributed by atoms with Gasteiger partial charge in [0.15, 0.2) is 6.67 Å². The van der Waals surface area contributed by atoms with Crippen LogP contribution in [0, 0.1) is 0 Å². The smallest absolute Gasteiger partial charge is 0.315 e. The highest BCUT2D eigenvalue weighted by Crippen LogP contribution is 2.30. The molecule has 0 atom stereocenters. The number of hydrogen-bond donors (Lipinski definition) is 0. The fourth-order valence-corrected chi connectivity index (χ4v) is 0.424. The summed E-state index contributed by atoms with van der Waals surface area (Å²) in [5, 5.41) is 0. The van der Waals surface area contributed by atoms with E-state index in [1.807, 2.05) is 4.94 Å². The van der Waals surface area contributed by atoms with Crippen LogP contribution in [0.25, 0.3) is 0 Å². The molecular weight excluding hydrogens is 411 g/mol. The van der Waals surface area contributed by atoms with E-state index in [1.54, 1.807) is 0 Å². The van der Waals surface area contributed by atoms with E-state index in [4.69, 9.17) is 0 Å². The monoisotopic (exact) mass is 428 g/mol. The van der Waals surface area contributed by atoms with Gasteiger partial charge < -0.3 is 4.74 Å². The van der Waals surface area contributed by atoms with Crippen LogP contribution in [-0.2, 0) is 9.68 Å². The minimum Gasteiger partial charge on any atom is -0.315 e. The molecule has 0 aliphatic rings. The SMILES string of the molecule is CCCOC(F)(F)C(F)=C(F)F.CF.CF.FCC(F)(F)OF.FCF. The Balaban J connectivity index is -0.0000000890. The predicted octanol–water partition coefficient (Wildman–Crippen LogP) is 6.59. The number of hydrogen-bond acceptors (Lipinski definition) is 2. The van der Waals surface area contributed by atoms with Crippen LogP contribution in [-0.4, -0.2) is 46.8 Å². The molecule has 15 heteroatoms. The summed E-state index contributed by atoms with van der Waals surface area (Å²) >= 11 is 0. The summed E-state index contributed by atoms with van der Waals surface area (Å²) in [5.74, 6) is -2.82. The topological polar surface area (TPSA) is 18.5 Å². The van der Waals surface area contributed by atoms with Crippen LogP contribution in [0.3, 0.4) is 0 Å². The first-order valence-electron chi connectivity index (χ1n) is 5.79. The molecule has 0 aliphatic heterocycles. The van der Waals surface area contributed by atoms with Gasteiger partial charge >= 0.3 is 18.3 Å². The molecule has 0 bridgehead atoms. The van der Waals surface area contributed by atoms with Crippen LogP contribution in [0.4, 0.5) is 57.2 Å². The van der Waals surface area contributed by atoms with E-state index < -0.39 is 44.3 Å². The van der Waals surface area contributed by atoms with Crippen LogP contribution in [0.2, 0.25) is 0 Å². The molecule has 0 heterocycles. The molecule has 164 valence electrons. The van der Waals surface area contributed by atoms with E-state index in [1.165, 1.54) is 6.92 Å². The molecule has 0 saturated carbocycles. The fraction of sp³-hybridized carbons (Fsp3) is 0.818. The third-order valence-corrected chi connectivity index (χ3v) is 1.18. The lowest BCUT2D eigenvalue weighted by atomic mass is 10.5. The largest absolute Gasteiger partial charge is 0.414 e. The van der Waals surface area contributed by atoms with Crippen LogP contribution in [0.15, 0.2) is 11.9 Å². The Bertz CT molecular complexity index is 290. The Kier molecular flexibility index (Phi) is 32.7. The lowest BCUT2D eigenvalue weighted by Gasteiger charge is -2.12. The van der Waals surface area contributed by atoms with Crippen molar-refractivity contribution in [2.75, 3.05) is 34.6 Å². The van der Waals surface area contributed by atoms with Gasteiger partial charge in [0.25, 0.3) is 5.83 Å². The van der Waals surface area contributed by atoms with E-state index in [-0.39, 0.29) is 6.42 Å². The summed E-state index contributed by atoms with van der Waals surface area (Å²) in [6.45, 7) is -2.87. The third kappa shape index (κ3) is 27.6. The van der Waals surface area contributed by atoms with Crippen molar-refractivity contribution in [1.29, 1.82) is 0 Å². The molecule has 0 unspecified atom stereocenters. The highest BCUT2D eigenvalue weighted by molar-refractivity contribution is 4.99. The maximum Gasteiger partial charge on any atom is 0.414 e. The zero-order valence-electron chi connectivity index (χ0n) is 13.6. The van der Waals surface area contributed by atoms with E-state index >= 15 is 0 Å². The van der Waals surface area contributed by atoms with Crippen molar-refractivity contribution in [2.24, 2.45) is 0 Å². The van der Waals surface area contributed by atoms with Gasteiger partial charge in [-0.3, -0.25) is 8.78 Å². The van der Waals surface area contributed by atoms with Crippen molar-refractivity contribution in [3.63, 3.8) is 0 Å². The molecule has 0 aromatic rings. The fourth-order valence-electron chi connectivity index (χ4n) is 0.424. The normalized spacial score (nSPS) is 9.69. The summed E-state index contributed by atoms with van der Waals surface area (Å²) in [7, 11) is 1.00. The van der Waals surface area contributed by atoms with Gasteiger partial charge in [-0.2, -0.15) is 30.7 Å². The molecule has 0 aromatic carbocycles. The van der Waals surface area contributed by atoms with Crippen LogP contribution < -0.4 is 0 Å². The molecular formula is C11H17F13O2. The molecule has 0 spiro atoms. The van der Waals surface area contributed by atoms with Gasteiger partial charge in [0, 0.05) is 0 Å². The first-order valence-corrected chi connectivity index (χ1v) is 5.79. The average molecular weight is 428 g/mol. The summed E-state index contributed by atoms with van der Waals surface area (Å²) in [5.41, 5.74) is 0. The Labute approximate surface area is 140 Å². The molecule has 0 fully saturated rings. The highest BCUT2D eigenvalue weighted by Gasteiger charge is 2.40. The summed E-state index contributed by atoms with van der Waals surface area (Å²) < 4.78 is 143. The molecule has 0 rings (SSSR count). The zero-order valence-corrected chi connectivity index (χ0v) is 13.6. The van der Waals surface area contributed by atoms with Gasteiger partial charge in [0.2, 0.25) is 6.93 Å². The van der Waals surface area contributed by atoms with E-state index in [0.717, 1.165) is 0 Å². The highest BCUT2D eigenvalue weighted by atomic mass is 19.4. The molecule has 0 aromatic heterocycles. The number of rotatable bonds is 6. The molecule has 2 nitrogen and oxygen atoms in total. The second kappa shape index (κ2) is 23.8. The lowest BCUT2D eigenvalue weighted by molar-refractivity contribution is -0.357. The summed E-state index contributed by atoms with van der Waals surface area (Å²) in [6.07, 6.45) is -11.6. The molecule has 0 aliphatic carbocycles. The van der Waals surface area contributed by atoms with E-state index in [2.05, 4.69) is 4.74 Å². The van der Waals surface area contributed by atoms with Gasteiger partial charge in [0.1, 0.15) is 0 Å². The molecule has 0 N–H and O–H groups in total. The zero-order chi connectivity index (χ0) is 22.4. The quantitative estimate of drug-likeness (QED) is 0.445. The van der Waals surface area contributed by atoms with Crippen LogP contribution in [0.5, 0.6) is 0 Å². The molecule has 0 radical (unpaired) electrons. The Hall–Kier alpha value is -1.25. The van der Waals surface area contributed by atoms with Crippen molar-refractivity contribution in [3.05, 3.63) is 11.9 Å². The van der Waals surface area contributed by atoms with Gasteiger partial charge in [-0.1, -0.05) is 6.92 Å².